The van der Waals surface area contributed by atoms with Gasteiger partial charge in [-0.15, -0.1) is 13.2 Å². The van der Waals surface area contributed by atoms with Crippen molar-refractivity contribution in [3.05, 3.63) is 117 Å². The molecule has 23 heteroatoms. The van der Waals surface area contributed by atoms with Crippen molar-refractivity contribution in [2.45, 2.75) is 64.4 Å². The van der Waals surface area contributed by atoms with Gasteiger partial charge in [0.05, 0.1) is 35.5 Å². The zero-order chi connectivity index (χ0) is 53.8. The molecular formula is C53H48F4N8O11. The van der Waals surface area contributed by atoms with Gasteiger partial charge in [-0.05, 0) is 92.8 Å². The minimum atomic E-state index is -5.00. The third-order valence-electron chi connectivity index (χ3n) is 14.5. The van der Waals surface area contributed by atoms with E-state index in [4.69, 9.17) is 14.2 Å². The first-order valence-electron chi connectivity index (χ1n) is 24.3. The molecule has 6 amide bonds. The fourth-order valence-corrected chi connectivity index (χ4v) is 10.4. The van der Waals surface area contributed by atoms with Crippen LogP contribution in [0.5, 0.6) is 28.9 Å². The molecule has 0 saturated carbocycles. The first-order valence-corrected chi connectivity index (χ1v) is 24.3. The van der Waals surface area contributed by atoms with E-state index < -0.39 is 41.2 Å². The standard InChI is InChI=1S/C53H48F4N8O11/c1-28-45(46(68)35-21-32(76-53(55,56)57)8-10-38(35)62(28)2)48(70)60-31-7-12-40(36(54)20-31)75-49-34-22-41(73-3)42(23-37(34)58-27-59-49)74-18-4-5-44(67)63-16-14-52(15-17-63)25-64(26-52)50(71)29-6-9-33-30(19-29)24-65(51(33)72)39-11-13-43(66)61-47(39)69/h6-10,12,19-23,27,39H,4-5,11,13-18,24-26H2,1-3H3,(H,60,70)(H,61,66,69). The highest BCUT2D eigenvalue weighted by atomic mass is 19.4. The van der Waals surface area contributed by atoms with Crippen LogP contribution in [0, 0.1) is 18.2 Å². The molecule has 394 valence electrons. The van der Waals surface area contributed by atoms with Crippen molar-refractivity contribution in [2.75, 3.05) is 45.2 Å². The zero-order valence-electron chi connectivity index (χ0n) is 41.2. The third-order valence-corrected chi connectivity index (χ3v) is 14.5. The molecule has 1 atom stereocenters. The summed E-state index contributed by atoms with van der Waals surface area (Å²) in [6, 6.07) is 14.1. The number of fused-ring (bicyclic) bond motifs is 3. The van der Waals surface area contributed by atoms with Gasteiger partial charge in [-0.3, -0.25) is 38.9 Å². The Labute approximate surface area is 429 Å². The van der Waals surface area contributed by atoms with Crippen molar-refractivity contribution < 1.29 is 65.3 Å². The maximum Gasteiger partial charge on any atom is 0.573 e. The number of likely N-dealkylation sites (tertiary alicyclic amines) is 2. The van der Waals surface area contributed by atoms with Gasteiger partial charge in [0.15, 0.2) is 23.1 Å². The summed E-state index contributed by atoms with van der Waals surface area (Å²) in [6.45, 7) is 4.06. The number of imide groups is 1. The highest BCUT2D eigenvalue weighted by molar-refractivity contribution is 6.08. The van der Waals surface area contributed by atoms with E-state index in [1.807, 2.05) is 4.90 Å². The van der Waals surface area contributed by atoms with Crippen molar-refractivity contribution in [1.29, 1.82) is 0 Å². The van der Waals surface area contributed by atoms with Gasteiger partial charge in [-0.25, -0.2) is 14.4 Å². The summed E-state index contributed by atoms with van der Waals surface area (Å²) >= 11 is 0. The zero-order valence-corrected chi connectivity index (χ0v) is 41.2. The smallest absolute Gasteiger partial charge is 0.493 e. The predicted molar refractivity (Wildman–Crippen MR) is 262 cm³/mol. The first kappa shape index (κ1) is 50.9. The number of nitrogens with zero attached hydrogens (tertiary/aromatic N) is 6. The molecule has 10 rings (SSSR count). The number of anilines is 1. The van der Waals surface area contributed by atoms with Crippen LogP contribution in [0.15, 0.2) is 77.9 Å². The van der Waals surface area contributed by atoms with Crippen LogP contribution in [0.1, 0.15) is 80.9 Å². The number of ether oxygens (including phenoxy) is 4. The number of pyridine rings is 1. The van der Waals surface area contributed by atoms with E-state index in [-0.39, 0.29) is 107 Å². The van der Waals surface area contributed by atoms with E-state index >= 15 is 4.39 Å². The number of amides is 6. The van der Waals surface area contributed by atoms with Gasteiger partial charge in [-0.1, -0.05) is 0 Å². The first-order chi connectivity index (χ1) is 36.3. The molecule has 0 bridgehead atoms. The van der Waals surface area contributed by atoms with Crippen LogP contribution in [0.3, 0.4) is 0 Å². The lowest BCUT2D eigenvalue weighted by Gasteiger charge is -2.54. The van der Waals surface area contributed by atoms with Crippen molar-refractivity contribution in [3.8, 4) is 28.9 Å². The van der Waals surface area contributed by atoms with Gasteiger partial charge < -0.3 is 43.5 Å². The normalized spacial score (nSPS) is 17.1. The Hall–Kier alpha value is -8.63. The number of hydrogen-bond acceptors (Lipinski definition) is 13. The van der Waals surface area contributed by atoms with Gasteiger partial charge >= 0.3 is 6.36 Å². The fraction of sp³-hybridized carbons (Fsp3) is 0.340. The third kappa shape index (κ3) is 9.90. The van der Waals surface area contributed by atoms with E-state index in [9.17, 15) is 46.7 Å². The van der Waals surface area contributed by atoms with E-state index in [2.05, 4.69) is 25.3 Å². The van der Waals surface area contributed by atoms with Crippen LogP contribution >= 0.6 is 0 Å². The molecule has 4 aliphatic heterocycles. The number of nitrogens with one attached hydrogen (secondary N) is 2. The number of hydrogen-bond donors (Lipinski definition) is 2. The largest absolute Gasteiger partial charge is 0.573 e. The number of carbonyl (C=O) groups is 6. The summed E-state index contributed by atoms with van der Waals surface area (Å²) in [5, 5.41) is 4.92. The van der Waals surface area contributed by atoms with Crippen LogP contribution in [0.2, 0.25) is 0 Å². The lowest BCUT2D eigenvalue weighted by molar-refractivity contribution is -0.274. The number of piperidine rings is 2. The summed E-state index contributed by atoms with van der Waals surface area (Å²) < 4.78 is 77.3. The Morgan fingerprint density at radius 1 is 0.895 bits per heavy atom. The number of benzene rings is 4. The number of carbonyl (C=O) groups excluding carboxylic acids is 6. The lowest BCUT2D eigenvalue weighted by atomic mass is 9.71. The number of halogens is 4. The molecule has 1 spiro atoms. The Morgan fingerprint density at radius 3 is 2.39 bits per heavy atom. The van der Waals surface area contributed by atoms with Gasteiger partial charge in [0.25, 0.3) is 17.7 Å². The number of aromatic nitrogens is 3. The van der Waals surface area contributed by atoms with Gasteiger partial charge in [0, 0.05) is 92.7 Å². The quantitative estimate of drug-likeness (QED) is 0.0712. The van der Waals surface area contributed by atoms with Crippen molar-refractivity contribution in [2.24, 2.45) is 12.5 Å². The van der Waals surface area contributed by atoms with Crippen molar-refractivity contribution in [3.63, 3.8) is 0 Å². The van der Waals surface area contributed by atoms with E-state index in [0.29, 0.717) is 65.9 Å². The van der Waals surface area contributed by atoms with Crippen molar-refractivity contribution >= 4 is 62.9 Å². The molecule has 19 nitrogen and oxygen atoms in total. The average molecular weight is 1050 g/mol. The molecule has 0 aliphatic carbocycles. The van der Waals surface area contributed by atoms with Crippen LogP contribution in [-0.2, 0) is 28.0 Å². The highest BCUT2D eigenvalue weighted by Crippen LogP contribution is 2.42. The number of rotatable bonds is 13. The molecule has 6 aromatic rings. The maximum atomic E-state index is 15.6. The van der Waals surface area contributed by atoms with Gasteiger partial charge in [-0.2, -0.15) is 0 Å². The molecule has 6 heterocycles. The maximum absolute atomic E-state index is 15.6. The topological polar surface area (TPSA) is 221 Å². The van der Waals surface area contributed by atoms with E-state index in [1.165, 1.54) is 55.1 Å². The highest BCUT2D eigenvalue weighted by Gasteiger charge is 2.48. The molecule has 3 fully saturated rings. The molecule has 4 aliphatic rings. The van der Waals surface area contributed by atoms with E-state index in [0.717, 1.165) is 31.0 Å². The van der Waals surface area contributed by atoms with Crippen LogP contribution in [0.25, 0.3) is 21.8 Å². The Kier molecular flexibility index (Phi) is 13.3. The van der Waals surface area contributed by atoms with Crippen LogP contribution in [0.4, 0.5) is 23.2 Å². The fourth-order valence-electron chi connectivity index (χ4n) is 10.4. The molecule has 76 heavy (non-hydrogen) atoms. The van der Waals surface area contributed by atoms with Crippen molar-refractivity contribution in [1.82, 2.24) is 34.6 Å². The number of alkyl halides is 3. The number of methoxy groups -OCH3 is 1. The summed E-state index contributed by atoms with van der Waals surface area (Å²) in [4.78, 5) is 105. The number of aryl methyl sites for hydroxylation is 1. The summed E-state index contributed by atoms with van der Waals surface area (Å²) in [6.07, 6.45) is -1.27. The molecule has 2 aromatic heterocycles. The monoisotopic (exact) mass is 1050 g/mol. The SMILES string of the molecule is COc1cc2c(Oc3ccc(NC(=O)c4c(C)n(C)c5ccc(OC(F)(F)F)cc5c4=O)cc3F)ncnc2cc1OCCCC(=O)N1CCC2(CC1)CN(C(=O)c1ccc3c(c1)CN(C1CCC(=O)NC1=O)C3=O)C2. The Balaban J connectivity index is 0.701. The molecular weight excluding hydrogens is 1000 g/mol. The Bertz CT molecular complexity index is 3480. The second-order valence-corrected chi connectivity index (χ2v) is 19.2. The Morgan fingerprint density at radius 2 is 1.67 bits per heavy atom. The van der Waals surface area contributed by atoms with Gasteiger partial charge in [0.2, 0.25) is 29.0 Å². The minimum absolute atomic E-state index is 0.0156. The predicted octanol–water partition coefficient (Wildman–Crippen LogP) is 6.57. The summed E-state index contributed by atoms with van der Waals surface area (Å²) in [7, 11) is 2.97. The molecule has 0 radical (unpaired) electrons. The minimum Gasteiger partial charge on any atom is -0.493 e. The molecule has 1 unspecified atom stereocenters. The second-order valence-electron chi connectivity index (χ2n) is 19.2. The van der Waals surface area contributed by atoms with Gasteiger partial charge in [0.1, 0.15) is 23.7 Å². The summed E-state index contributed by atoms with van der Waals surface area (Å²) in [5.74, 6) is -3.50. The van der Waals surface area contributed by atoms with Crippen LogP contribution in [-0.4, -0.2) is 117 Å². The summed E-state index contributed by atoms with van der Waals surface area (Å²) in [5.41, 5.74) is 1.03. The molecule has 3 saturated heterocycles. The van der Waals surface area contributed by atoms with Crippen LogP contribution < -0.4 is 35.0 Å². The second kappa shape index (κ2) is 19.9. The molecule has 2 N–H and O–H groups in total. The average Bonchev–Trinajstić information content (AvgIpc) is 3.70. The lowest BCUT2D eigenvalue weighted by Crippen LogP contribution is -2.62. The van der Waals surface area contributed by atoms with E-state index in [1.54, 1.807) is 35.2 Å². The molecule has 4 aromatic carbocycles.